The van der Waals surface area contributed by atoms with Crippen LogP contribution in [0.3, 0.4) is 0 Å². The molecule has 3 rings (SSSR count). The van der Waals surface area contributed by atoms with Crippen molar-refractivity contribution in [2.45, 2.75) is 19.8 Å². The molecule has 0 atom stereocenters. The van der Waals surface area contributed by atoms with Crippen molar-refractivity contribution in [2.24, 2.45) is 0 Å². The number of rotatable bonds is 5. The fraction of sp³-hybridized carbons (Fsp3) is 0.286. The van der Waals surface area contributed by atoms with Crippen LogP contribution in [0.2, 0.25) is 0 Å². The van der Waals surface area contributed by atoms with Gasteiger partial charge in [0.25, 0.3) is 5.91 Å². The van der Waals surface area contributed by atoms with E-state index in [9.17, 15) is 4.79 Å². The summed E-state index contributed by atoms with van der Waals surface area (Å²) in [6, 6.07) is 7.93. The number of aryl methyl sites for hydroxylation is 2. The second kappa shape index (κ2) is 5.74. The summed E-state index contributed by atoms with van der Waals surface area (Å²) in [5, 5.41) is 17.5. The number of aromatic amines is 2. The van der Waals surface area contributed by atoms with Gasteiger partial charge in [0.15, 0.2) is 5.82 Å². The van der Waals surface area contributed by atoms with Crippen LogP contribution in [0.1, 0.15) is 28.3 Å². The van der Waals surface area contributed by atoms with Gasteiger partial charge in [-0.2, -0.15) is 5.21 Å². The maximum Gasteiger partial charge on any atom is 0.267 e. The molecule has 0 radical (unpaired) electrons. The number of aromatic nitrogens is 5. The van der Waals surface area contributed by atoms with Crippen molar-refractivity contribution in [1.29, 1.82) is 0 Å². The number of benzene rings is 1. The first-order chi connectivity index (χ1) is 10.2. The van der Waals surface area contributed by atoms with E-state index in [1.165, 1.54) is 5.56 Å². The van der Waals surface area contributed by atoms with Gasteiger partial charge in [-0.3, -0.25) is 4.79 Å². The Kier molecular flexibility index (Phi) is 3.63. The number of carbonyl (C=O) groups excluding carboxylic acids is 1. The Hall–Kier alpha value is -2.70. The lowest BCUT2D eigenvalue weighted by Gasteiger charge is -2.01. The van der Waals surface area contributed by atoms with Crippen LogP contribution in [0.15, 0.2) is 24.3 Å². The fourth-order valence-electron chi connectivity index (χ4n) is 2.21. The van der Waals surface area contributed by atoms with Crippen molar-refractivity contribution in [2.75, 3.05) is 6.54 Å². The maximum atomic E-state index is 12.1. The summed E-state index contributed by atoms with van der Waals surface area (Å²) in [5.74, 6) is 0.558. The average Bonchev–Trinajstić information content (AvgIpc) is 3.11. The maximum absolute atomic E-state index is 12.1. The van der Waals surface area contributed by atoms with Crippen molar-refractivity contribution in [3.8, 4) is 0 Å². The highest BCUT2D eigenvalue weighted by atomic mass is 16.1. The summed E-state index contributed by atoms with van der Waals surface area (Å²) < 4.78 is 0. The first kappa shape index (κ1) is 13.3. The van der Waals surface area contributed by atoms with Gasteiger partial charge in [0.05, 0.1) is 0 Å². The van der Waals surface area contributed by atoms with E-state index in [4.69, 9.17) is 0 Å². The monoisotopic (exact) mass is 284 g/mol. The standard InChI is InChI=1S/C14H16N6O/c1-9-4-5-11-10(7-9)8-12(16-11)14(21)15-6-2-3-13-17-19-20-18-13/h4-5,7-8,16H,2-3,6H2,1H3,(H,15,21)(H,17,18,19,20). The second-order valence-electron chi connectivity index (χ2n) is 4.96. The first-order valence-electron chi connectivity index (χ1n) is 6.82. The highest BCUT2D eigenvalue weighted by Crippen LogP contribution is 2.16. The topological polar surface area (TPSA) is 99.4 Å². The lowest BCUT2D eigenvalue weighted by molar-refractivity contribution is 0.0949. The van der Waals surface area contributed by atoms with E-state index in [1.54, 1.807) is 0 Å². The molecule has 0 fully saturated rings. The number of carbonyl (C=O) groups is 1. The van der Waals surface area contributed by atoms with Gasteiger partial charge in [-0.05, 0) is 31.5 Å². The summed E-state index contributed by atoms with van der Waals surface area (Å²) in [7, 11) is 0. The van der Waals surface area contributed by atoms with E-state index in [-0.39, 0.29) is 5.91 Å². The molecular formula is C14H16N6O. The molecule has 2 aromatic heterocycles. The zero-order valence-corrected chi connectivity index (χ0v) is 11.7. The molecular weight excluding hydrogens is 268 g/mol. The number of nitrogens with one attached hydrogen (secondary N) is 3. The predicted octanol–water partition coefficient (Wildman–Crippen LogP) is 1.35. The van der Waals surface area contributed by atoms with Crippen molar-refractivity contribution in [1.82, 2.24) is 30.9 Å². The highest BCUT2D eigenvalue weighted by molar-refractivity contribution is 5.98. The third kappa shape index (κ3) is 3.07. The number of amides is 1. The normalized spacial score (nSPS) is 10.9. The van der Waals surface area contributed by atoms with Crippen LogP contribution in [0, 0.1) is 6.92 Å². The molecule has 1 aromatic carbocycles. The molecule has 7 heteroatoms. The number of hydrogen-bond acceptors (Lipinski definition) is 4. The molecule has 3 N–H and O–H groups in total. The molecule has 0 unspecified atom stereocenters. The van der Waals surface area contributed by atoms with Crippen molar-refractivity contribution < 1.29 is 4.79 Å². The Labute approximate surface area is 121 Å². The number of fused-ring (bicyclic) bond motifs is 1. The van der Waals surface area contributed by atoms with Crippen molar-refractivity contribution in [3.05, 3.63) is 41.3 Å². The van der Waals surface area contributed by atoms with Crippen molar-refractivity contribution >= 4 is 16.8 Å². The van der Waals surface area contributed by atoms with Gasteiger partial charge in [-0.15, -0.1) is 10.2 Å². The minimum absolute atomic E-state index is 0.100. The van der Waals surface area contributed by atoms with E-state index in [0.29, 0.717) is 24.5 Å². The van der Waals surface area contributed by atoms with Gasteiger partial charge < -0.3 is 10.3 Å². The molecule has 21 heavy (non-hydrogen) atoms. The third-order valence-electron chi connectivity index (χ3n) is 3.27. The molecule has 2 heterocycles. The lowest BCUT2D eigenvalue weighted by Crippen LogP contribution is -2.25. The third-order valence-corrected chi connectivity index (χ3v) is 3.27. The van der Waals surface area contributed by atoms with Crippen LogP contribution in [0.25, 0.3) is 10.9 Å². The quantitative estimate of drug-likeness (QED) is 0.616. The Morgan fingerprint density at radius 1 is 1.33 bits per heavy atom. The SMILES string of the molecule is Cc1ccc2[nH]c(C(=O)NCCCc3nn[nH]n3)cc2c1. The number of nitrogens with zero attached hydrogens (tertiary/aromatic N) is 3. The van der Waals surface area contributed by atoms with E-state index < -0.39 is 0 Å². The van der Waals surface area contributed by atoms with Gasteiger partial charge in [-0.25, -0.2) is 0 Å². The first-order valence-corrected chi connectivity index (χ1v) is 6.82. The van der Waals surface area contributed by atoms with Gasteiger partial charge in [0.2, 0.25) is 0 Å². The van der Waals surface area contributed by atoms with E-state index in [2.05, 4.69) is 37.0 Å². The summed E-state index contributed by atoms with van der Waals surface area (Å²) in [6.07, 6.45) is 1.45. The summed E-state index contributed by atoms with van der Waals surface area (Å²) in [4.78, 5) is 15.2. The fourth-order valence-corrected chi connectivity index (χ4v) is 2.21. The zero-order valence-electron chi connectivity index (χ0n) is 11.7. The van der Waals surface area contributed by atoms with Crippen LogP contribution < -0.4 is 5.32 Å². The Morgan fingerprint density at radius 2 is 2.24 bits per heavy atom. The van der Waals surface area contributed by atoms with Crippen LogP contribution in [0.5, 0.6) is 0 Å². The summed E-state index contributed by atoms with van der Waals surface area (Å²) >= 11 is 0. The second-order valence-corrected chi connectivity index (χ2v) is 4.96. The Morgan fingerprint density at radius 3 is 3.05 bits per heavy atom. The number of H-pyrrole nitrogens is 2. The summed E-state index contributed by atoms with van der Waals surface area (Å²) in [6.45, 7) is 2.60. The minimum Gasteiger partial charge on any atom is -0.351 e. The summed E-state index contributed by atoms with van der Waals surface area (Å²) in [5.41, 5.74) is 2.72. The van der Waals surface area contributed by atoms with Crippen LogP contribution in [0.4, 0.5) is 0 Å². The van der Waals surface area contributed by atoms with Crippen molar-refractivity contribution in [3.63, 3.8) is 0 Å². The predicted molar refractivity (Wildman–Crippen MR) is 77.9 cm³/mol. The molecule has 3 aromatic rings. The highest BCUT2D eigenvalue weighted by Gasteiger charge is 2.09. The van der Waals surface area contributed by atoms with Gasteiger partial charge in [-0.1, -0.05) is 16.8 Å². The smallest absolute Gasteiger partial charge is 0.267 e. The molecule has 0 aliphatic rings. The zero-order chi connectivity index (χ0) is 14.7. The van der Waals surface area contributed by atoms with Gasteiger partial charge >= 0.3 is 0 Å². The Bertz CT molecular complexity index is 746. The number of tetrazole rings is 1. The molecule has 7 nitrogen and oxygen atoms in total. The van der Waals surface area contributed by atoms with Gasteiger partial charge in [0, 0.05) is 23.9 Å². The minimum atomic E-state index is -0.100. The average molecular weight is 284 g/mol. The Balaban J connectivity index is 1.56. The van der Waals surface area contributed by atoms with Gasteiger partial charge in [0.1, 0.15) is 5.69 Å². The van der Waals surface area contributed by atoms with Crippen LogP contribution in [-0.4, -0.2) is 38.1 Å². The number of hydrogen-bond donors (Lipinski definition) is 3. The molecule has 0 saturated heterocycles. The largest absolute Gasteiger partial charge is 0.351 e. The van der Waals surface area contributed by atoms with Crippen LogP contribution >= 0.6 is 0 Å². The molecule has 0 bridgehead atoms. The lowest BCUT2D eigenvalue weighted by atomic mass is 10.2. The van der Waals surface area contributed by atoms with E-state index in [0.717, 1.165) is 17.3 Å². The molecule has 1 amide bonds. The molecule has 0 spiro atoms. The molecule has 0 aliphatic carbocycles. The van der Waals surface area contributed by atoms with Crippen LogP contribution in [-0.2, 0) is 6.42 Å². The molecule has 0 saturated carbocycles. The van der Waals surface area contributed by atoms with E-state index in [1.807, 2.05) is 25.1 Å². The van der Waals surface area contributed by atoms with E-state index >= 15 is 0 Å². The molecule has 0 aliphatic heterocycles. The molecule has 108 valence electrons.